The molecule has 1 amide bonds. The van der Waals surface area contributed by atoms with Gasteiger partial charge in [0.25, 0.3) is 5.91 Å². The molecule has 0 aliphatic carbocycles. The van der Waals surface area contributed by atoms with Crippen LogP contribution in [-0.4, -0.2) is 22.1 Å². The zero-order valence-corrected chi connectivity index (χ0v) is 17.4. The number of nitrogens with zero attached hydrogens (tertiary/aromatic N) is 2. The molecule has 3 aromatic carbocycles. The van der Waals surface area contributed by atoms with Crippen molar-refractivity contribution in [2.24, 2.45) is 0 Å². The third-order valence-electron chi connectivity index (χ3n) is 5.48. The van der Waals surface area contributed by atoms with Crippen molar-refractivity contribution >= 4 is 39.1 Å². The topological polar surface area (TPSA) is 82.2 Å². The van der Waals surface area contributed by atoms with E-state index in [0.717, 1.165) is 11.0 Å². The summed E-state index contributed by atoms with van der Waals surface area (Å²) in [4.78, 5) is 16.8. The maximum absolute atomic E-state index is 12.5. The van der Waals surface area contributed by atoms with E-state index in [-0.39, 0.29) is 5.91 Å². The molecule has 0 aliphatic rings. The molecule has 2 heterocycles. The van der Waals surface area contributed by atoms with Crippen molar-refractivity contribution in [3.05, 3.63) is 96.8 Å². The fraction of sp³-hybridized carbons (Fsp3) is 0.0769. The van der Waals surface area contributed by atoms with Crippen LogP contribution < -0.4 is 15.8 Å². The average molecular weight is 422 g/mol. The molecular formula is C26H22N4O2. The van der Waals surface area contributed by atoms with Crippen LogP contribution in [0.1, 0.15) is 10.4 Å². The van der Waals surface area contributed by atoms with E-state index in [4.69, 9.17) is 10.5 Å². The minimum absolute atomic E-state index is 0.216. The second-order valence-corrected chi connectivity index (χ2v) is 7.48. The minimum Gasteiger partial charge on any atom is -0.492 e. The van der Waals surface area contributed by atoms with Gasteiger partial charge in [-0.25, -0.2) is 0 Å². The summed E-state index contributed by atoms with van der Waals surface area (Å²) < 4.78 is 8.18. The summed E-state index contributed by atoms with van der Waals surface area (Å²) in [6, 6.07) is 24.6. The third-order valence-corrected chi connectivity index (χ3v) is 5.48. The molecule has 158 valence electrons. The van der Waals surface area contributed by atoms with Gasteiger partial charge in [-0.1, -0.05) is 30.3 Å². The average Bonchev–Trinajstić information content (AvgIpc) is 3.15. The zero-order valence-electron chi connectivity index (χ0n) is 17.4. The maximum Gasteiger partial charge on any atom is 0.255 e. The van der Waals surface area contributed by atoms with E-state index in [2.05, 4.69) is 27.0 Å². The molecule has 0 radical (unpaired) electrons. The third kappa shape index (κ3) is 3.74. The number of para-hydroxylation sites is 3. The fourth-order valence-electron chi connectivity index (χ4n) is 3.90. The van der Waals surface area contributed by atoms with E-state index in [0.29, 0.717) is 35.8 Å². The lowest BCUT2D eigenvalue weighted by Crippen LogP contribution is -2.13. The van der Waals surface area contributed by atoms with Gasteiger partial charge in [0.15, 0.2) is 0 Å². The fourth-order valence-corrected chi connectivity index (χ4v) is 3.90. The predicted molar refractivity (Wildman–Crippen MR) is 128 cm³/mol. The Morgan fingerprint density at radius 3 is 2.50 bits per heavy atom. The highest BCUT2D eigenvalue weighted by Crippen LogP contribution is 2.28. The van der Waals surface area contributed by atoms with Gasteiger partial charge in [0.2, 0.25) is 0 Å². The largest absolute Gasteiger partial charge is 0.492 e. The molecule has 3 N–H and O–H groups in total. The quantitative estimate of drug-likeness (QED) is 0.373. The molecule has 0 atom stereocenters. The molecule has 0 unspecified atom stereocenters. The molecule has 0 spiro atoms. The molecule has 2 aromatic heterocycles. The molecular weight excluding hydrogens is 400 g/mol. The number of carbonyl (C=O) groups is 1. The first kappa shape index (κ1) is 19.6. The van der Waals surface area contributed by atoms with E-state index >= 15 is 0 Å². The van der Waals surface area contributed by atoms with Gasteiger partial charge in [-0.05, 0) is 48.5 Å². The van der Waals surface area contributed by atoms with Crippen LogP contribution in [0, 0.1) is 0 Å². The maximum atomic E-state index is 12.5. The zero-order chi connectivity index (χ0) is 21.9. The van der Waals surface area contributed by atoms with Crippen molar-refractivity contribution in [2.45, 2.75) is 6.54 Å². The van der Waals surface area contributed by atoms with E-state index in [9.17, 15) is 4.79 Å². The Morgan fingerprint density at radius 2 is 1.66 bits per heavy atom. The number of ether oxygens (including phenoxy) is 1. The summed E-state index contributed by atoms with van der Waals surface area (Å²) in [6.07, 6.45) is 3.71. The number of nitrogen functional groups attached to an aromatic ring is 1. The molecule has 5 aromatic rings. The van der Waals surface area contributed by atoms with Crippen molar-refractivity contribution in [1.82, 2.24) is 9.55 Å². The Hall–Kier alpha value is -4.32. The number of nitrogens with two attached hydrogens (primary N) is 1. The van der Waals surface area contributed by atoms with Gasteiger partial charge < -0.3 is 20.4 Å². The van der Waals surface area contributed by atoms with Crippen molar-refractivity contribution in [2.75, 3.05) is 17.7 Å². The second-order valence-electron chi connectivity index (χ2n) is 7.48. The number of fused-ring (bicyclic) bond motifs is 3. The smallest absolute Gasteiger partial charge is 0.255 e. The molecule has 0 bridgehead atoms. The normalized spacial score (nSPS) is 11.0. The first-order valence-corrected chi connectivity index (χ1v) is 10.4. The Morgan fingerprint density at radius 1 is 0.906 bits per heavy atom. The summed E-state index contributed by atoms with van der Waals surface area (Å²) in [7, 11) is 0. The van der Waals surface area contributed by atoms with Crippen LogP contribution in [0.25, 0.3) is 21.8 Å². The number of carbonyl (C=O) groups excluding carboxylic acids is 1. The van der Waals surface area contributed by atoms with E-state index in [1.54, 1.807) is 36.4 Å². The van der Waals surface area contributed by atoms with Crippen LogP contribution in [0.4, 0.5) is 11.4 Å². The molecule has 5 rings (SSSR count). The predicted octanol–water partition coefficient (Wildman–Crippen LogP) is 5.10. The van der Waals surface area contributed by atoms with Crippen LogP contribution in [0.15, 0.2) is 91.3 Å². The number of hydrogen-bond acceptors (Lipinski definition) is 4. The van der Waals surface area contributed by atoms with Gasteiger partial charge >= 0.3 is 0 Å². The first-order chi connectivity index (χ1) is 15.7. The summed E-state index contributed by atoms with van der Waals surface area (Å²) in [5.74, 6) is 0.492. The lowest BCUT2D eigenvalue weighted by Gasteiger charge is -2.11. The highest BCUT2D eigenvalue weighted by Gasteiger charge is 2.11. The Bertz CT molecular complexity index is 1350. The highest BCUT2D eigenvalue weighted by molar-refractivity contribution is 6.07. The minimum atomic E-state index is -0.216. The number of rotatable bonds is 6. The second kappa shape index (κ2) is 8.43. The SMILES string of the molecule is Nc1ccccc1NC(=O)c1ccc(OCCn2c3ccccc3c3ccncc32)cc1. The van der Waals surface area contributed by atoms with Crippen molar-refractivity contribution in [3.8, 4) is 5.75 Å². The number of aromatic nitrogens is 2. The van der Waals surface area contributed by atoms with E-state index in [1.165, 1.54) is 10.8 Å². The first-order valence-electron chi connectivity index (χ1n) is 10.4. The standard InChI is InChI=1S/C26H22N4O2/c27-22-6-2-3-7-23(22)29-26(31)18-9-11-19(12-10-18)32-16-15-30-24-8-4-1-5-20(24)21-13-14-28-17-25(21)30/h1-14,17H,15-16,27H2,(H,29,31). The van der Waals surface area contributed by atoms with Crippen LogP contribution in [0.2, 0.25) is 0 Å². The van der Waals surface area contributed by atoms with Gasteiger partial charge in [0.05, 0.1) is 29.6 Å². The van der Waals surface area contributed by atoms with Crippen molar-refractivity contribution in [3.63, 3.8) is 0 Å². The number of benzene rings is 3. The van der Waals surface area contributed by atoms with Crippen LogP contribution >= 0.6 is 0 Å². The van der Waals surface area contributed by atoms with E-state index in [1.807, 2.05) is 42.7 Å². The van der Waals surface area contributed by atoms with Gasteiger partial charge in [-0.15, -0.1) is 0 Å². The summed E-state index contributed by atoms with van der Waals surface area (Å²) in [5, 5.41) is 5.22. The number of amides is 1. The monoisotopic (exact) mass is 422 g/mol. The number of anilines is 2. The molecule has 0 saturated heterocycles. The van der Waals surface area contributed by atoms with Crippen LogP contribution in [-0.2, 0) is 6.54 Å². The molecule has 0 fully saturated rings. The molecule has 6 heteroatoms. The highest BCUT2D eigenvalue weighted by atomic mass is 16.5. The number of hydrogen-bond donors (Lipinski definition) is 2. The van der Waals surface area contributed by atoms with Gasteiger partial charge in [-0.3, -0.25) is 9.78 Å². The van der Waals surface area contributed by atoms with Crippen molar-refractivity contribution < 1.29 is 9.53 Å². The van der Waals surface area contributed by atoms with Gasteiger partial charge in [0, 0.05) is 28.0 Å². The summed E-state index contributed by atoms with van der Waals surface area (Å²) in [6.45, 7) is 1.18. The Labute approximate surface area is 185 Å². The van der Waals surface area contributed by atoms with Gasteiger partial charge in [-0.2, -0.15) is 0 Å². The van der Waals surface area contributed by atoms with Crippen molar-refractivity contribution in [1.29, 1.82) is 0 Å². The summed E-state index contributed by atoms with van der Waals surface area (Å²) >= 11 is 0. The Balaban J connectivity index is 1.26. The lowest BCUT2D eigenvalue weighted by molar-refractivity contribution is 0.102. The summed E-state index contributed by atoms with van der Waals surface area (Å²) in [5.41, 5.74) is 9.80. The molecule has 0 saturated carbocycles. The number of nitrogens with one attached hydrogen (secondary N) is 1. The van der Waals surface area contributed by atoms with Crippen LogP contribution in [0.3, 0.4) is 0 Å². The molecule has 6 nitrogen and oxygen atoms in total. The van der Waals surface area contributed by atoms with E-state index < -0.39 is 0 Å². The molecule has 0 aliphatic heterocycles. The lowest BCUT2D eigenvalue weighted by atomic mass is 10.2. The van der Waals surface area contributed by atoms with Gasteiger partial charge in [0.1, 0.15) is 12.4 Å². The van der Waals surface area contributed by atoms with Crippen LogP contribution in [0.5, 0.6) is 5.75 Å². The Kier molecular flexibility index (Phi) is 5.17. The number of pyridine rings is 1. The molecule has 32 heavy (non-hydrogen) atoms.